The lowest BCUT2D eigenvalue weighted by molar-refractivity contribution is 0.0628. The van der Waals surface area contributed by atoms with E-state index in [0.717, 1.165) is 18.5 Å². The Labute approximate surface area is 146 Å². The number of rotatable bonds is 3. The van der Waals surface area contributed by atoms with Crippen LogP contribution in [0.25, 0.3) is 5.69 Å². The van der Waals surface area contributed by atoms with Crippen LogP contribution in [0.4, 0.5) is 0 Å². The largest absolute Gasteiger partial charge is 0.330 e. The van der Waals surface area contributed by atoms with Crippen molar-refractivity contribution in [2.45, 2.75) is 32.4 Å². The summed E-state index contributed by atoms with van der Waals surface area (Å²) in [6.45, 7) is 2.76. The van der Waals surface area contributed by atoms with E-state index in [4.69, 9.17) is 0 Å². The Kier molecular flexibility index (Phi) is 4.06. The summed E-state index contributed by atoms with van der Waals surface area (Å²) >= 11 is 0. The maximum absolute atomic E-state index is 13.0. The van der Waals surface area contributed by atoms with Crippen LogP contribution in [-0.4, -0.2) is 31.8 Å². The molecule has 1 aliphatic rings. The highest BCUT2D eigenvalue weighted by Crippen LogP contribution is 2.26. The van der Waals surface area contributed by atoms with E-state index in [1.165, 1.54) is 11.1 Å². The van der Waals surface area contributed by atoms with Crippen molar-refractivity contribution < 1.29 is 4.79 Å². The van der Waals surface area contributed by atoms with Gasteiger partial charge < -0.3 is 4.90 Å². The zero-order valence-electron chi connectivity index (χ0n) is 14.2. The van der Waals surface area contributed by atoms with E-state index in [9.17, 15) is 4.79 Å². The number of carbonyl (C=O) groups is 1. The van der Waals surface area contributed by atoms with Crippen molar-refractivity contribution >= 4 is 5.91 Å². The number of para-hydroxylation sites is 1. The topological polar surface area (TPSA) is 51.0 Å². The van der Waals surface area contributed by atoms with Gasteiger partial charge in [0.05, 0.1) is 11.9 Å². The van der Waals surface area contributed by atoms with Crippen LogP contribution in [-0.2, 0) is 13.0 Å². The summed E-state index contributed by atoms with van der Waals surface area (Å²) in [7, 11) is 0. The van der Waals surface area contributed by atoms with Gasteiger partial charge in [-0.15, -0.1) is 5.10 Å². The summed E-state index contributed by atoms with van der Waals surface area (Å²) in [6, 6.07) is 18.2. The predicted molar refractivity (Wildman–Crippen MR) is 95.5 cm³/mol. The highest BCUT2D eigenvalue weighted by molar-refractivity contribution is 5.92. The molecule has 5 heteroatoms. The predicted octanol–water partition coefficient (Wildman–Crippen LogP) is 3.24. The minimum Gasteiger partial charge on any atom is -0.330 e. The molecule has 0 spiro atoms. The Morgan fingerprint density at radius 2 is 1.80 bits per heavy atom. The first-order valence-corrected chi connectivity index (χ1v) is 8.61. The summed E-state index contributed by atoms with van der Waals surface area (Å²) in [5.41, 5.74) is 3.84. The standard InChI is InChI=1S/C20H20N4O/c1-2-17-12-15-8-6-7-9-16(15)13-23(17)20(25)19-14-24(22-21-19)18-10-4-3-5-11-18/h3-11,14,17H,2,12-13H2,1H3. The lowest BCUT2D eigenvalue weighted by Gasteiger charge is -2.36. The smallest absolute Gasteiger partial charge is 0.276 e. The minimum atomic E-state index is -0.0523. The second kappa shape index (κ2) is 6.51. The maximum Gasteiger partial charge on any atom is 0.276 e. The van der Waals surface area contributed by atoms with Gasteiger partial charge in [0, 0.05) is 12.6 Å². The number of hydrogen-bond donors (Lipinski definition) is 0. The quantitative estimate of drug-likeness (QED) is 0.740. The summed E-state index contributed by atoms with van der Waals surface area (Å²) in [4.78, 5) is 15.0. The van der Waals surface area contributed by atoms with Crippen molar-refractivity contribution in [1.29, 1.82) is 0 Å². The monoisotopic (exact) mass is 332 g/mol. The third kappa shape index (κ3) is 2.93. The fraction of sp³-hybridized carbons (Fsp3) is 0.250. The number of nitrogens with zero attached hydrogens (tertiary/aromatic N) is 4. The van der Waals surface area contributed by atoms with E-state index in [-0.39, 0.29) is 11.9 Å². The van der Waals surface area contributed by atoms with Crippen LogP contribution in [0, 0.1) is 0 Å². The molecule has 0 aliphatic carbocycles. The van der Waals surface area contributed by atoms with Gasteiger partial charge in [-0.25, -0.2) is 4.68 Å². The van der Waals surface area contributed by atoms with Crippen molar-refractivity contribution in [1.82, 2.24) is 19.9 Å². The van der Waals surface area contributed by atoms with Crippen molar-refractivity contribution in [3.05, 3.63) is 77.6 Å². The molecular formula is C20H20N4O. The lowest BCUT2D eigenvalue weighted by atomic mass is 9.92. The molecule has 0 fully saturated rings. The van der Waals surface area contributed by atoms with Crippen LogP contribution in [0.15, 0.2) is 60.8 Å². The highest BCUT2D eigenvalue weighted by atomic mass is 16.2. The molecular weight excluding hydrogens is 312 g/mol. The van der Waals surface area contributed by atoms with Crippen LogP contribution in [0.5, 0.6) is 0 Å². The van der Waals surface area contributed by atoms with Crippen LogP contribution in [0.1, 0.15) is 35.0 Å². The summed E-state index contributed by atoms with van der Waals surface area (Å²) < 4.78 is 1.64. The first-order chi connectivity index (χ1) is 12.3. The number of hydrogen-bond acceptors (Lipinski definition) is 3. The Hall–Kier alpha value is -2.95. The van der Waals surface area contributed by atoms with Crippen molar-refractivity contribution in [3.63, 3.8) is 0 Å². The van der Waals surface area contributed by atoms with Gasteiger partial charge in [-0.1, -0.05) is 54.6 Å². The van der Waals surface area contributed by atoms with E-state index in [1.807, 2.05) is 41.3 Å². The second-order valence-corrected chi connectivity index (χ2v) is 6.35. The van der Waals surface area contributed by atoms with Gasteiger partial charge in [-0.2, -0.15) is 0 Å². The van der Waals surface area contributed by atoms with E-state index < -0.39 is 0 Å². The molecule has 1 aliphatic heterocycles. The molecule has 4 rings (SSSR count). The van der Waals surface area contributed by atoms with Gasteiger partial charge in [0.1, 0.15) is 0 Å². The van der Waals surface area contributed by atoms with E-state index >= 15 is 0 Å². The fourth-order valence-electron chi connectivity index (χ4n) is 3.41. The van der Waals surface area contributed by atoms with Gasteiger partial charge in [-0.05, 0) is 36.1 Å². The van der Waals surface area contributed by atoms with Gasteiger partial charge in [-0.3, -0.25) is 4.79 Å². The molecule has 3 aromatic rings. The number of aromatic nitrogens is 3. The molecule has 0 N–H and O–H groups in total. The maximum atomic E-state index is 13.0. The molecule has 0 saturated carbocycles. The fourth-order valence-corrected chi connectivity index (χ4v) is 3.41. The van der Waals surface area contributed by atoms with Gasteiger partial charge in [0.2, 0.25) is 0 Å². The molecule has 0 bridgehead atoms. The Balaban J connectivity index is 1.61. The van der Waals surface area contributed by atoms with E-state index in [2.05, 4.69) is 35.4 Å². The third-order valence-electron chi connectivity index (χ3n) is 4.82. The number of amides is 1. The van der Waals surface area contributed by atoms with Gasteiger partial charge in [0.25, 0.3) is 5.91 Å². The Morgan fingerprint density at radius 3 is 2.56 bits per heavy atom. The van der Waals surface area contributed by atoms with Crippen molar-refractivity contribution in [2.24, 2.45) is 0 Å². The molecule has 2 aromatic carbocycles. The summed E-state index contributed by atoms with van der Waals surface area (Å²) in [5.74, 6) is -0.0523. The normalized spacial score (nSPS) is 16.5. The molecule has 25 heavy (non-hydrogen) atoms. The molecule has 1 aromatic heterocycles. The first-order valence-electron chi connectivity index (χ1n) is 8.61. The molecule has 2 heterocycles. The molecule has 5 nitrogen and oxygen atoms in total. The summed E-state index contributed by atoms with van der Waals surface area (Å²) in [6.07, 6.45) is 3.53. The minimum absolute atomic E-state index is 0.0523. The summed E-state index contributed by atoms with van der Waals surface area (Å²) in [5, 5.41) is 8.23. The lowest BCUT2D eigenvalue weighted by Crippen LogP contribution is -2.44. The van der Waals surface area contributed by atoms with Gasteiger partial charge in [0.15, 0.2) is 5.69 Å². The van der Waals surface area contributed by atoms with Gasteiger partial charge >= 0.3 is 0 Å². The average molecular weight is 332 g/mol. The van der Waals surface area contributed by atoms with Crippen molar-refractivity contribution in [2.75, 3.05) is 0 Å². The van der Waals surface area contributed by atoms with Crippen LogP contribution >= 0.6 is 0 Å². The van der Waals surface area contributed by atoms with E-state index in [1.54, 1.807) is 10.9 Å². The van der Waals surface area contributed by atoms with Crippen LogP contribution in [0.3, 0.4) is 0 Å². The second-order valence-electron chi connectivity index (χ2n) is 6.35. The zero-order valence-corrected chi connectivity index (χ0v) is 14.2. The molecule has 0 saturated heterocycles. The molecule has 1 amide bonds. The molecule has 1 unspecified atom stereocenters. The molecule has 1 atom stereocenters. The van der Waals surface area contributed by atoms with Crippen LogP contribution in [0.2, 0.25) is 0 Å². The Bertz CT molecular complexity index is 887. The number of benzene rings is 2. The highest BCUT2D eigenvalue weighted by Gasteiger charge is 2.30. The SMILES string of the molecule is CCC1Cc2ccccc2CN1C(=O)c1cn(-c2ccccc2)nn1. The van der Waals surface area contributed by atoms with E-state index in [0.29, 0.717) is 12.2 Å². The van der Waals surface area contributed by atoms with Crippen LogP contribution < -0.4 is 0 Å². The Morgan fingerprint density at radius 1 is 1.08 bits per heavy atom. The first kappa shape index (κ1) is 15.6. The molecule has 0 radical (unpaired) electrons. The zero-order chi connectivity index (χ0) is 17.2. The number of carbonyl (C=O) groups excluding carboxylic acids is 1. The third-order valence-corrected chi connectivity index (χ3v) is 4.82. The molecule has 126 valence electrons. The average Bonchev–Trinajstić information content (AvgIpc) is 3.17. The number of fused-ring (bicyclic) bond motifs is 1. The van der Waals surface area contributed by atoms with Crippen molar-refractivity contribution in [3.8, 4) is 5.69 Å².